The average Bonchev–Trinajstić information content (AvgIpc) is 3.39. The number of anilines is 1. The summed E-state index contributed by atoms with van der Waals surface area (Å²) >= 11 is 1.40. The van der Waals surface area contributed by atoms with Gasteiger partial charge in [-0.15, -0.1) is 11.3 Å². The van der Waals surface area contributed by atoms with E-state index < -0.39 is 0 Å². The lowest BCUT2D eigenvalue weighted by atomic mass is 10.2. The minimum absolute atomic E-state index is 0.0845. The zero-order chi connectivity index (χ0) is 19.3. The Hall–Kier alpha value is -3.25. The zero-order valence-corrected chi connectivity index (χ0v) is 15.7. The van der Waals surface area contributed by atoms with E-state index in [0.29, 0.717) is 28.6 Å². The van der Waals surface area contributed by atoms with Crippen molar-refractivity contribution in [2.24, 2.45) is 0 Å². The number of rotatable bonds is 6. The van der Waals surface area contributed by atoms with Gasteiger partial charge in [-0.2, -0.15) is 0 Å². The highest BCUT2D eigenvalue weighted by Gasteiger charge is 2.19. The van der Waals surface area contributed by atoms with Gasteiger partial charge in [-0.1, -0.05) is 30.3 Å². The number of para-hydroxylation sites is 1. The third-order valence-corrected chi connectivity index (χ3v) is 5.16. The molecule has 0 radical (unpaired) electrons. The fourth-order valence-corrected chi connectivity index (χ4v) is 3.70. The lowest BCUT2D eigenvalue weighted by molar-refractivity contribution is -0.118. The van der Waals surface area contributed by atoms with Crippen LogP contribution in [0, 0.1) is 5.82 Å². The van der Waals surface area contributed by atoms with Gasteiger partial charge in [-0.25, -0.2) is 9.37 Å². The summed E-state index contributed by atoms with van der Waals surface area (Å²) in [6, 6.07) is 19.4. The van der Waals surface area contributed by atoms with Gasteiger partial charge in [0.05, 0.1) is 24.9 Å². The Morgan fingerprint density at radius 1 is 1.07 bits per heavy atom. The Morgan fingerprint density at radius 2 is 1.93 bits per heavy atom. The van der Waals surface area contributed by atoms with E-state index in [2.05, 4.69) is 4.98 Å². The number of hydrogen-bond acceptors (Lipinski definition) is 4. The summed E-state index contributed by atoms with van der Waals surface area (Å²) in [4.78, 5) is 19.2. The average molecular weight is 392 g/mol. The number of hydrogen-bond donors (Lipinski definition) is 0. The van der Waals surface area contributed by atoms with Crippen molar-refractivity contribution in [3.05, 3.63) is 95.6 Å². The Morgan fingerprint density at radius 3 is 2.68 bits per heavy atom. The molecule has 0 atom stereocenters. The first-order valence-electron chi connectivity index (χ1n) is 8.77. The molecule has 6 heteroatoms. The van der Waals surface area contributed by atoms with Gasteiger partial charge in [0.2, 0.25) is 5.91 Å². The van der Waals surface area contributed by atoms with E-state index in [9.17, 15) is 9.18 Å². The maximum atomic E-state index is 13.5. The lowest BCUT2D eigenvalue weighted by Gasteiger charge is -2.21. The molecular formula is C22H17FN2O2S. The van der Waals surface area contributed by atoms with Crippen LogP contribution in [-0.2, 0) is 17.8 Å². The van der Waals surface area contributed by atoms with Crippen molar-refractivity contribution in [3.8, 4) is 10.6 Å². The van der Waals surface area contributed by atoms with Crippen molar-refractivity contribution in [1.29, 1.82) is 0 Å². The van der Waals surface area contributed by atoms with E-state index in [1.54, 1.807) is 29.4 Å². The molecule has 28 heavy (non-hydrogen) atoms. The van der Waals surface area contributed by atoms with Crippen LogP contribution in [0.25, 0.3) is 10.6 Å². The Kier molecular flexibility index (Phi) is 5.30. The Bertz CT molecular complexity index is 1060. The number of carbonyl (C=O) groups excluding carboxylic acids is 1. The molecule has 2 aromatic carbocycles. The van der Waals surface area contributed by atoms with Gasteiger partial charge >= 0.3 is 0 Å². The number of aromatic nitrogens is 1. The molecule has 0 bridgehead atoms. The number of benzene rings is 2. The number of carbonyl (C=O) groups is 1. The third kappa shape index (κ3) is 4.18. The SMILES string of the molecule is O=C(Cc1csc(-c2cccc(F)c2)n1)N(Cc1ccco1)c1ccccc1. The Balaban J connectivity index is 1.54. The first kappa shape index (κ1) is 18.1. The van der Waals surface area contributed by atoms with Crippen LogP contribution in [0.5, 0.6) is 0 Å². The number of amides is 1. The van der Waals surface area contributed by atoms with Crippen molar-refractivity contribution >= 4 is 22.9 Å². The van der Waals surface area contributed by atoms with E-state index >= 15 is 0 Å². The lowest BCUT2D eigenvalue weighted by Crippen LogP contribution is -2.31. The summed E-state index contributed by atoms with van der Waals surface area (Å²) < 4.78 is 18.9. The van der Waals surface area contributed by atoms with Crippen molar-refractivity contribution < 1.29 is 13.6 Å². The molecule has 4 nitrogen and oxygen atoms in total. The van der Waals surface area contributed by atoms with E-state index in [1.807, 2.05) is 41.8 Å². The summed E-state index contributed by atoms with van der Waals surface area (Å²) in [6.07, 6.45) is 1.75. The fourth-order valence-electron chi connectivity index (χ4n) is 2.88. The van der Waals surface area contributed by atoms with Crippen molar-refractivity contribution in [1.82, 2.24) is 4.98 Å². The number of furan rings is 1. The molecule has 140 valence electrons. The molecule has 0 N–H and O–H groups in total. The van der Waals surface area contributed by atoms with Crippen LogP contribution in [0.3, 0.4) is 0 Å². The van der Waals surface area contributed by atoms with Crippen LogP contribution in [0.2, 0.25) is 0 Å². The smallest absolute Gasteiger partial charge is 0.233 e. The minimum Gasteiger partial charge on any atom is -0.467 e. The van der Waals surface area contributed by atoms with Gasteiger partial charge in [-0.05, 0) is 36.4 Å². The van der Waals surface area contributed by atoms with Gasteiger partial charge in [0, 0.05) is 16.6 Å². The van der Waals surface area contributed by atoms with E-state index in [-0.39, 0.29) is 18.1 Å². The highest BCUT2D eigenvalue weighted by molar-refractivity contribution is 7.13. The number of halogens is 1. The normalized spacial score (nSPS) is 10.8. The molecule has 0 unspecified atom stereocenters. The molecule has 0 saturated heterocycles. The number of nitrogens with zero attached hydrogens (tertiary/aromatic N) is 2. The maximum absolute atomic E-state index is 13.5. The fraction of sp³-hybridized carbons (Fsp3) is 0.0909. The highest BCUT2D eigenvalue weighted by atomic mass is 32.1. The van der Waals surface area contributed by atoms with Crippen molar-refractivity contribution in [2.75, 3.05) is 4.90 Å². The second-order valence-corrected chi connectivity index (χ2v) is 7.08. The largest absolute Gasteiger partial charge is 0.467 e. The van der Waals surface area contributed by atoms with Crippen LogP contribution < -0.4 is 4.90 Å². The molecule has 0 aliphatic rings. The quantitative estimate of drug-likeness (QED) is 0.446. The molecule has 0 spiro atoms. The monoisotopic (exact) mass is 392 g/mol. The highest BCUT2D eigenvalue weighted by Crippen LogP contribution is 2.25. The standard InChI is InChI=1S/C22H17FN2O2S/c23-17-7-4-6-16(12-17)22-24-18(15-28-22)13-21(26)25(14-20-10-5-11-27-20)19-8-2-1-3-9-19/h1-12,15H,13-14H2. The first-order valence-corrected chi connectivity index (χ1v) is 9.65. The van der Waals surface area contributed by atoms with Crippen LogP contribution >= 0.6 is 11.3 Å². The molecule has 1 amide bonds. The second kappa shape index (κ2) is 8.19. The topological polar surface area (TPSA) is 46.3 Å². The zero-order valence-electron chi connectivity index (χ0n) is 14.9. The van der Waals surface area contributed by atoms with Crippen LogP contribution in [0.4, 0.5) is 10.1 Å². The van der Waals surface area contributed by atoms with Crippen molar-refractivity contribution in [3.63, 3.8) is 0 Å². The summed E-state index contributed by atoms with van der Waals surface area (Å²) in [6.45, 7) is 0.344. The summed E-state index contributed by atoms with van der Waals surface area (Å²) in [5.74, 6) is 0.314. The number of thiazole rings is 1. The summed E-state index contributed by atoms with van der Waals surface area (Å²) in [5.41, 5.74) is 2.17. The minimum atomic E-state index is -0.306. The van der Waals surface area contributed by atoms with Gasteiger partial charge < -0.3 is 9.32 Å². The van der Waals surface area contributed by atoms with Crippen LogP contribution in [0.15, 0.2) is 82.8 Å². The van der Waals surface area contributed by atoms with Gasteiger partial charge in [0.15, 0.2) is 0 Å². The third-order valence-electron chi connectivity index (χ3n) is 4.22. The van der Waals surface area contributed by atoms with Crippen LogP contribution in [-0.4, -0.2) is 10.9 Å². The maximum Gasteiger partial charge on any atom is 0.233 e. The van der Waals surface area contributed by atoms with Crippen LogP contribution in [0.1, 0.15) is 11.5 Å². The van der Waals surface area contributed by atoms with E-state index in [1.165, 1.54) is 23.5 Å². The second-order valence-electron chi connectivity index (χ2n) is 6.23. The van der Waals surface area contributed by atoms with Gasteiger partial charge in [0.1, 0.15) is 16.6 Å². The predicted octanol–water partition coefficient (Wildman–Crippen LogP) is 5.32. The van der Waals surface area contributed by atoms with Gasteiger partial charge in [0.25, 0.3) is 0 Å². The molecule has 0 fully saturated rings. The molecular weight excluding hydrogens is 375 g/mol. The molecule has 0 saturated carbocycles. The van der Waals surface area contributed by atoms with E-state index in [0.717, 1.165) is 5.69 Å². The van der Waals surface area contributed by atoms with E-state index in [4.69, 9.17) is 4.42 Å². The van der Waals surface area contributed by atoms with Crippen molar-refractivity contribution in [2.45, 2.75) is 13.0 Å². The Labute approximate surface area is 165 Å². The molecule has 4 rings (SSSR count). The first-order chi connectivity index (χ1) is 13.7. The molecule has 2 aromatic heterocycles. The predicted molar refractivity (Wildman–Crippen MR) is 108 cm³/mol. The summed E-state index contributed by atoms with van der Waals surface area (Å²) in [7, 11) is 0. The molecule has 4 aromatic rings. The molecule has 0 aliphatic heterocycles. The molecule has 0 aliphatic carbocycles. The molecule has 2 heterocycles. The summed E-state index contributed by atoms with van der Waals surface area (Å²) in [5, 5.41) is 2.54. The van der Waals surface area contributed by atoms with Gasteiger partial charge in [-0.3, -0.25) is 4.79 Å².